The Kier molecular flexibility index (Phi) is 8.72. The molecule has 1 unspecified atom stereocenters. The second-order valence-electron chi connectivity index (χ2n) is 6.70. The highest BCUT2D eigenvalue weighted by atomic mass is 32.2. The number of hydrogen-bond donors (Lipinski definition) is 3. The van der Waals surface area contributed by atoms with Crippen LogP contribution < -0.4 is 15.4 Å². The molecule has 29 heavy (non-hydrogen) atoms. The zero-order chi connectivity index (χ0) is 21.3. The maximum atomic E-state index is 12.6. The molecule has 0 bridgehead atoms. The van der Waals surface area contributed by atoms with E-state index in [9.17, 15) is 21.6 Å². The van der Waals surface area contributed by atoms with Crippen LogP contribution in [0.2, 0.25) is 0 Å². The normalized spacial score (nSPS) is 18.5. The molecule has 1 atom stereocenters. The second-order valence-corrected chi connectivity index (χ2v) is 8.63. The summed E-state index contributed by atoms with van der Waals surface area (Å²) in [5.74, 6) is 0.219. The van der Waals surface area contributed by atoms with Gasteiger partial charge in [-0.2, -0.15) is 13.2 Å². The lowest BCUT2D eigenvalue weighted by Gasteiger charge is -2.22. The van der Waals surface area contributed by atoms with Crippen LogP contribution in [0.4, 0.5) is 13.2 Å². The van der Waals surface area contributed by atoms with E-state index in [1.807, 2.05) is 0 Å². The van der Waals surface area contributed by atoms with Gasteiger partial charge in [-0.3, -0.25) is 4.99 Å². The van der Waals surface area contributed by atoms with E-state index in [0.29, 0.717) is 18.1 Å². The molecular weight excluding hydrogens is 409 g/mol. The molecule has 3 N–H and O–H groups in total. The van der Waals surface area contributed by atoms with Crippen LogP contribution in [0, 0.1) is 0 Å². The summed E-state index contributed by atoms with van der Waals surface area (Å²) in [4.78, 5) is 3.98. The summed E-state index contributed by atoms with van der Waals surface area (Å²) < 4.78 is 69.9. The number of nitrogens with zero attached hydrogens (tertiary/aromatic N) is 1. The van der Waals surface area contributed by atoms with Gasteiger partial charge < -0.3 is 15.4 Å². The molecule has 0 spiro atoms. The molecule has 0 radical (unpaired) electrons. The molecule has 1 fully saturated rings. The molecule has 2 rings (SSSR count). The van der Waals surface area contributed by atoms with Gasteiger partial charge >= 0.3 is 6.18 Å². The fraction of sp³-hybridized carbons (Fsp3) is 0.611. The van der Waals surface area contributed by atoms with Gasteiger partial charge in [0.05, 0.1) is 17.4 Å². The van der Waals surface area contributed by atoms with Crippen molar-refractivity contribution in [1.82, 2.24) is 15.4 Å². The van der Waals surface area contributed by atoms with Gasteiger partial charge in [0, 0.05) is 33.3 Å². The minimum Gasteiger partial charge on any atom is -0.377 e. The van der Waals surface area contributed by atoms with Gasteiger partial charge in [0.1, 0.15) is 0 Å². The summed E-state index contributed by atoms with van der Waals surface area (Å²) >= 11 is 0. The standard InChI is InChI=1S/C18H27F3N4O3S/c1-22-17(24-12-14-5-7-15(8-6-14)18(19,20)21)23-9-11-29(26,27)25-13-16-4-2-3-10-28-16/h5-8,16,25H,2-4,9-13H2,1H3,(H2,22,23,24). The Balaban J connectivity index is 1.71. The number of halogens is 3. The lowest BCUT2D eigenvalue weighted by Crippen LogP contribution is -2.42. The summed E-state index contributed by atoms with van der Waals surface area (Å²) in [6.45, 7) is 1.31. The van der Waals surface area contributed by atoms with Crippen LogP contribution in [-0.2, 0) is 27.5 Å². The van der Waals surface area contributed by atoms with Crippen molar-refractivity contribution in [2.24, 2.45) is 4.99 Å². The first-order valence-electron chi connectivity index (χ1n) is 9.39. The minimum absolute atomic E-state index is 0.0790. The second kappa shape index (κ2) is 10.8. The molecule has 11 heteroatoms. The van der Waals surface area contributed by atoms with Gasteiger partial charge in [0.15, 0.2) is 5.96 Å². The molecule has 1 saturated heterocycles. The Hall–Kier alpha value is -1.85. The number of rotatable bonds is 8. The third-order valence-electron chi connectivity index (χ3n) is 4.43. The number of hydrogen-bond acceptors (Lipinski definition) is 4. The lowest BCUT2D eigenvalue weighted by molar-refractivity contribution is -0.137. The number of sulfonamides is 1. The van der Waals surface area contributed by atoms with Gasteiger partial charge in [-0.25, -0.2) is 13.1 Å². The van der Waals surface area contributed by atoms with Crippen molar-refractivity contribution in [2.75, 3.05) is 32.5 Å². The van der Waals surface area contributed by atoms with Crippen molar-refractivity contribution in [3.05, 3.63) is 35.4 Å². The fourth-order valence-electron chi connectivity index (χ4n) is 2.78. The first-order chi connectivity index (χ1) is 13.7. The first kappa shape index (κ1) is 23.4. The summed E-state index contributed by atoms with van der Waals surface area (Å²) in [7, 11) is -1.93. The largest absolute Gasteiger partial charge is 0.416 e. The SMILES string of the molecule is CN=C(NCCS(=O)(=O)NCC1CCCCO1)NCc1ccc(C(F)(F)F)cc1. The molecule has 164 valence electrons. The van der Waals surface area contributed by atoms with Gasteiger partial charge in [0.2, 0.25) is 10.0 Å². The average molecular weight is 437 g/mol. The molecule has 1 aliphatic rings. The first-order valence-corrected chi connectivity index (χ1v) is 11.0. The van der Waals surface area contributed by atoms with Gasteiger partial charge in [0.25, 0.3) is 0 Å². The maximum Gasteiger partial charge on any atom is 0.416 e. The number of benzene rings is 1. The highest BCUT2D eigenvalue weighted by Crippen LogP contribution is 2.29. The molecule has 7 nitrogen and oxygen atoms in total. The molecule has 0 aliphatic carbocycles. The van der Waals surface area contributed by atoms with E-state index in [1.54, 1.807) is 0 Å². The van der Waals surface area contributed by atoms with Gasteiger partial charge in [-0.05, 0) is 37.0 Å². The highest BCUT2D eigenvalue weighted by Gasteiger charge is 2.29. The van der Waals surface area contributed by atoms with Gasteiger partial charge in [-0.15, -0.1) is 0 Å². The van der Waals surface area contributed by atoms with E-state index >= 15 is 0 Å². The van der Waals surface area contributed by atoms with Crippen molar-refractivity contribution >= 4 is 16.0 Å². The lowest BCUT2D eigenvalue weighted by atomic mass is 10.1. The highest BCUT2D eigenvalue weighted by molar-refractivity contribution is 7.89. The molecule has 1 aliphatic heterocycles. The number of guanidine groups is 1. The van der Waals surface area contributed by atoms with Crippen LogP contribution in [0.3, 0.4) is 0 Å². The van der Waals surface area contributed by atoms with Crippen LogP contribution in [-0.4, -0.2) is 53.0 Å². The summed E-state index contributed by atoms with van der Waals surface area (Å²) in [5.41, 5.74) is -0.0668. The number of ether oxygens (including phenoxy) is 1. The monoisotopic (exact) mass is 436 g/mol. The Morgan fingerprint density at radius 3 is 2.52 bits per heavy atom. The van der Waals surface area contributed by atoms with Crippen molar-refractivity contribution in [3.8, 4) is 0 Å². The molecule has 0 amide bonds. The minimum atomic E-state index is -4.37. The maximum absolute atomic E-state index is 12.6. The molecule has 0 saturated carbocycles. The molecule has 1 aromatic rings. The van der Waals surface area contributed by atoms with E-state index < -0.39 is 21.8 Å². The zero-order valence-electron chi connectivity index (χ0n) is 16.3. The summed E-state index contributed by atoms with van der Waals surface area (Å²) in [6.07, 6.45) is -1.56. The van der Waals surface area contributed by atoms with Crippen LogP contribution >= 0.6 is 0 Å². The Labute approximate surface area is 169 Å². The Bertz CT molecular complexity index is 762. The molecule has 0 aromatic heterocycles. The third-order valence-corrected chi connectivity index (χ3v) is 5.78. The van der Waals surface area contributed by atoms with E-state index in [1.165, 1.54) is 19.2 Å². The van der Waals surface area contributed by atoms with E-state index in [2.05, 4.69) is 20.3 Å². The number of alkyl halides is 3. The third kappa shape index (κ3) is 8.58. The quantitative estimate of drug-likeness (QED) is 0.427. The molecule has 1 aromatic carbocycles. The van der Waals surface area contributed by atoms with Gasteiger partial charge in [-0.1, -0.05) is 12.1 Å². The average Bonchev–Trinajstić information content (AvgIpc) is 2.69. The summed E-state index contributed by atoms with van der Waals surface area (Å²) in [6, 6.07) is 4.79. The number of aliphatic imine (C=N–C) groups is 1. The van der Waals surface area contributed by atoms with Crippen LogP contribution in [0.25, 0.3) is 0 Å². The van der Waals surface area contributed by atoms with E-state index in [0.717, 1.165) is 31.4 Å². The van der Waals surface area contributed by atoms with Crippen molar-refractivity contribution in [2.45, 2.75) is 38.1 Å². The van der Waals surface area contributed by atoms with Crippen LogP contribution in [0.15, 0.2) is 29.3 Å². The summed E-state index contributed by atoms with van der Waals surface area (Å²) in [5, 5.41) is 5.81. The van der Waals surface area contributed by atoms with Crippen molar-refractivity contribution in [1.29, 1.82) is 0 Å². The predicted molar refractivity (Wildman–Crippen MR) is 105 cm³/mol. The molecular formula is C18H27F3N4O3S. The molecule has 1 heterocycles. The van der Waals surface area contributed by atoms with E-state index in [4.69, 9.17) is 4.74 Å². The predicted octanol–water partition coefficient (Wildman–Crippen LogP) is 1.86. The Morgan fingerprint density at radius 2 is 1.93 bits per heavy atom. The van der Waals surface area contributed by atoms with Crippen molar-refractivity contribution in [3.63, 3.8) is 0 Å². The van der Waals surface area contributed by atoms with Crippen LogP contribution in [0.1, 0.15) is 30.4 Å². The van der Waals surface area contributed by atoms with E-state index in [-0.39, 0.29) is 31.5 Å². The van der Waals surface area contributed by atoms with Crippen molar-refractivity contribution < 1.29 is 26.3 Å². The van der Waals surface area contributed by atoms with Crippen LogP contribution in [0.5, 0.6) is 0 Å². The fourth-order valence-corrected chi connectivity index (χ4v) is 3.74. The Morgan fingerprint density at radius 1 is 1.21 bits per heavy atom. The topological polar surface area (TPSA) is 91.8 Å². The number of nitrogens with one attached hydrogen (secondary N) is 3. The smallest absolute Gasteiger partial charge is 0.377 e. The zero-order valence-corrected chi connectivity index (χ0v) is 17.1.